The Bertz CT molecular complexity index is 500. The van der Waals surface area contributed by atoms with E-state index in [0.717, 1.165) is 37.2 Å². The van der Waals surface area contributed by atoms with Crippen LogP contribution in [-0.2, 0) is 11.2 Å². The van der Waals surface area contributed by atoms with Crippen LogP contribution in [-0.4, -0.2) is 12.1 Å². The van der Waals surface area contributed by atoms with Crippen LogP contribution in [0.4, 0.5) is 13.2 Å². The van der Waals surface area contributed by atoms with Gasteiger partial charge in [0.15, 0.2) is 0 Å². The molecule has 0 radical (unpaired) electrons. The van der Waals surface area contributed by atoms with Crippen molar-refractivity contribution in [3.63, 3.8) is 0 Å². The fourth-order valence-corrected chi connectivity index (χ4v) is 3.34. The lowest BCUT2D eigenvalue weighted by molar-refractivity contribution is -0.274. The Morgan fingerprint density at radius 3 is 2.26 bits per heavy atom. The van der Waals surface area contributed by atoms with Crippen molar-refractivity contribution < 1.29 is 22.7 Å². The van der Waals surface area contributed by atoms with Crippen molar-refractivity contribution >= 4 is 5.78 Å². The van der Waals surface area contributed by atoms with Crippen LogP contribution in [0.15, 0.2) is 24.3 Å². The summed E-state index contributed by atoms with van der Waals surface area (Å²) in [5.41, 5.74) is 0.736. The standard InChI is InChI=1S/C18H23F3O2/c1-2-3-13-4-8-15(9-5-13)17(22)12-14-6-10-16(11-7-14)23-18(19,20)21/h6-7,10-11,13,15H,2-5,8-9,12H2,1H3. The molecule has 1 saturated carbocycles. The van der Waals surface area contributed by atoms with Crippen molar-refractivity contribution in [2.75, 3.05) is 0 Å². The van der Waals surface area contributed by atoms with Gasteiger partial charge in [-0.05, 0) is 49.3 Å². The average Bonchev–Trinajstić information content (AvgIpc) is 2.49. The number of hydrogen-bond acceptors (Lipinski definition) is 2. The molecule has 0 aliphatic heterocycles. The molecule has 2 rings (SSSR count). The molecule has 128 valence electrons. The monoisotopic (exact) mass is 328 g/mol. The Hall–Kier alpha value is -1.52. The normalized spacial score (nSPS) is 21.9. The number of alkyl halides is 3. The topological polar surface area (TPSA) is 26.3 Å². The lowest BCUT2D eigenvalue weighted by atomic mass is 9.77. The quantitative estimate of drug-likeness (QED) is 0.708. The van der Waals surface area contributed by atoms with Gasteiger partial charge in [-0.25, -0.2) is 0 Å². The van der Waals surface area contributed by atoms with Gasteiger partial charge in [-0.2, -0.15) is 0 Å². The van der Waals surface area contributed by atoms with E-state index in [1.807, 2.05) is 0 Å². The number of carbonyl (C=O) groups excluding carboxylic acids is 1. The molecular weight excluding hydrogens is 305 g/mol. The van der Waals surface area contributed by atoms with Gasteiger partial charge in [0.05, 0.1) is 0 Å². The Kier molecular flexibility index (Phi) is 6.08. The van der Waals surface area contributed by atoms with E-state index in [4.69, 9.17) is 0 Å². The molecule has 0 saturated heterocycles. The molecule has 2 nitrogen and oxygen atoms in total. The molecule has 1 aromatic rings. The molecular formula is C18H23F3O2. The van der Waals surface area contributed by atoms with Gasteiger partial charge in [-0.1, -0.05) is 31.9 Å². The summed E-state index contributed by atoms with van der Waals surface area (Å²) in [7, 11) is 0. The third-order valence-corrected chi connectivity index (χ3v) is 4.53. The maximum atomic E-state index is 12.3. The molecule has 1 aliphatic rings. The van der Waals surface area contributed by atoms with E-state index >= 15 is 0 Å². The first kappa shape index (κ1) is 17.8. The second-order valence-corrected chi connectivity index (χ2v) is 6.34. The number of benzene rings is 1. The minimum atomic E-state index is -4.69. The molecule has 1 fully saturated rings. The minimum Gasteiger partial charge on any atom is -0.406 e. The number of halogens is 3. The smallest absolute Gasteiger partial charge is 0.406 e. The summed E-state index contributed by atoms with van der Waals surface area (Å²) < 4.78 is 40.1. The van der Waals surface area contributed by atoms with Crippen LogP contribution in [0, 0.1) is 11.8 Å². The number of ketones is 1. The first-order valence-corrected chi connectivity index (χ1v) is 8.24. The molecule has 1 aliphatic carbocycles. The molecule has 0 N–H and O–H groups in total. The minimum absolute atomic E-state index is 0.106. The lowest BCUT2D eigenvalue weighted by Gasteiger charge is -2.27. The summed E-state index contributed by atoms with van der Waals surface area (Å²) in [5.74, 6) is 0.801. The summed E-state index contributed by atoms with van der Waals surface area (Å²) in [6, 6.07) is 5.58. The summed E-state index contributed by atoms with van der Waals surface area (Å²) >= 11 is 0. The second-order valence-electron chi connectivity index (χ2n) is 6.34. The van der Waals surface area contributed by atoms with E-state index in [-0.39, 0.29) is 23.9 Å². The van der Waals surface area contributed by atoms with Crippen molar-refractivity contribution in [1.82, 2.24) is 0 Å². The third-order valence-electron chi connectivity index (χ3n) is 4.53. The molecule has 0 spiro atoms. The van der Waals surface area contributed by atoms with Crippen LogP contribution in [0.2, 0.25) is 0 Å². The van der Waals surface area contributed by atoms with Gasteiger partial charge in [-0.15, -0.1) is 13.2 Å². The highest BCUT2D eigenvalue weighted by molar-refractivity contribution is 5.83. The molecule has 0 unspecified atom stereocenters. The summed E-state index contributed by atoms with van der Waals surface area (Å²) in [5, 5.41) is 0. The van der Waals surface area contributed by atoms with Gasteiger partial charge >= 0.3 is 6.36 Å². The van der Waals surface area contributed by atoms with E-state index in [9.17, 15) is 18.0 Å². The predicted molar refractivity (Wildman–Crippen MR) is 82.2 cm³/mol. The highest BCUT2D eigenvalue weighted by Gasteiger charge is 2.31. The van der Waals surface area contributed by atoms with Crippen molar-refractivity contribution in [2.45, 2.75) is 58.2 Å². The largest absolute Gasteiger partial charge is 0.573 e. The Labute approximate surface area is 135 Å². The number of ether oxygens (including phenoxy) is 1. The van der Waals surface area contributed by atoms with Gasteiger partial charge in [0, 0.05) is 12.3 Å². The van der Waals surface area contributed by atoms with Gasteiger partial charge < -0.3 is 4.74 Å². The zero-order valence-electron chi connectivity index (χ0n) is 13.4. The maximum absolute atomic E-state index is 12.3. The molecule has 5 heteroatoms. The van der Waals surface area contributed by atoms with Crippen LogP contribution >= 0.6 is 0 Å². The van der Waals surface area contributed by atoms with Gasteiger partial charge in [0.25, 0.3) is 0 Å². The van der Waals surface area contributed by atoms with Crippen LogP contribution in [0.1, 0.15) is 51.0 Å². The molecule has 0 bridgehead atoms. The highest BCUT2D eigenvalue weighted by Crippen LogP contribution is 2.32. The third kappa shape index (κ3) is 5.88. The zero-order chi connectivity index (χ0) is 16.9. The maximum Gasteiger partial charge on any atom is 0.573 e. The van der Waals surface area contributed by atoms with Crippen molar-refractivity contribution in [3.05, 3.63) is 29.8 Å². The Morgan fingerprint density at radius 1 is 1.13 bits per heavy atom. The summed E-state index contributed by atoms with van der Waals surface area (Å²) in [6.07, 6.45) is 2.14. The van der Waals surface area contributed by atoms with E-state index in [0.29, 0.717) is 0 Å². The highest BCUT2D eigenvalue weighted by atomic mass is 19.4. The zero-order valence-corrected chi connectivity index (χ0v) is 13.4. The molecule has 1 aromatic carbocycles. The molecule has 0 amide bonds. The first-order valence-electron chi connectivity index (χ1n) is 8.24. The molecule has 0 heterocycles. The molecule has 23 heavy (non-hydrogen) atoms. The van der Waals surface area contributed by atoms with Crippen LogP contribution in [0.5, 0.6) is 5.75 Å². The fraction of sp³-hybridized carbons (Fsp3) is 0.611. The SMILES string of the molecule is CCCC1CCC(C(=O)Cc2ccc(OC(F)(F)F)cc2)CC1. The second kappa shape index (κ2) is 7.84. The van der Waals surface area contributed by atoms with E-state index in [2.05, 4.69) is 11.7 Å². The Morgan fingerprint density at radius 2 is 1.74 bits per heavy atom. The first-order chi connectivity index (χ1) is 10.9. The number of Topliss-reactive ketones (excluding diaryl/α,β-unsaturated/α-hetero) is 1. The number of hydrogen-bond donors (Lipinski definition) is 0. The van der Waals surface area contributed by atoms with Crippen LogP contribution in [0.25, 0.3) is 0 Å². The van der Waals surface area contributed by atoms with Crippen LogP contribution < -0.4 is 4.74 Å². The number of carbonyl (C=O) groups is 1. The van der Waals surface area contributed by atoms with Crippen molar-refractivity contribution in [1.29, 1.82) is 0 Å². The van der Waals surface area contributed by atoms with Crippen molar-refractivity contribution in [2.24, 2.45) is 11.8 Å². The average molecular weight is 328 g/mol. The number of rotatable bonds is 6. The Balaban J connectivity index is 1.84. The molecule has 0 atom stereocenters. The lowest BCUT2D eigenvalue weighted by Crippen LogP contribution is -2.23. The summed E-state index contributed by atoms with van der Waals surface area (Å²) in [6.45, 7) is 2.18. The molecule has 0 aromatic heterocycles. The summed E-state index contributed by atoms with van der Waals surface area (Å²) in [4.78, 5) is 12.3. The fourth-order valence-electron chi connectivity index (χ4n) is 3.34. The van der Waals surface area contributed by atoms with Gasteiger partial charge in [0.2, 0.25) is 0 Å². The van der Waals surface area contributed by atoms with Crippen LogP contribution in [0.3, 0.4) is 0 Å². The van der Waals surface area contributed by atoms with Gasteiger partial charge in [-0.3, -0.25) is 4.79 Å². The van der Waals surface area contributed by atoms with E-state index < -0.39 is 6.36 Å². The van der Waals surface area contributed by atoms with E-state index in [1.165, 1.54) is 37.1 Å². The van der Waals surface area contributed by atoms with E-state index in [1.54, 1.807) is 0 Å². The van der Waals surface area contributed by atoms with Gasteiger partial charge in [0.1, 0.15) is 11.5 Å². The van der Waals surface area contributed by atoms with Crippen molar-refractivity contribution in [3.8, 4) is 5.75 Å². The predicted octanol–water partition coefficient (Wildman–Crippen LogP) is 5.30.